The molecular weight excluding hydrogens is 346 g/mol. The maximum Gasteiger partial charge on any atom is 0.134 e. The number of rotatable bonds is 8. The Morgan fingerprint density at radius 3 is 2.54 bits per heavy atom. The largest absolute Gasteiger partial charge is 0.378 e. The van der Waals surface area contributed by atoms with Gasteiger partial charge in [0, 0.05) is 30.0 Å². The molecule has 2 aliphatic rings. The first-order chi connectivity index (χ1) is 13.3. The van der Waals surface area contributed by atoms with E-state index in [2.05, 4.69) is 46.4 Å². The van der Waals surface area contributed by atoms with Crippen LogP contribution < -0.4 is 0 Å². The fourth-order valence-electron chi connectivity index (χ4n) is 4.52. The van der Waals surface area contributed by atoms with Crippen LogP contribution in [0.2, 0.25) is 0 Å². The van der Waals surface area contributed by atoms with E-state index in [1.54, 1.807) is 0 Å². The van der Waals surface area contributed by atoms with Crippen LogP contribution in [0.25, 0.3) is 0 Å². The lowest BCUT2D eigenvalue weighted by Crippen LogP contribution is -2.49. The predicted octanol–water partition coefficient (Wildman–Crippen LogP) is 5.17. The summed E-state index contributed by atoms with van der Waals surface area (Å²) in [5, 5.41) is 0. The van der Waals surface area contributed by atoms with Crippen LogP contribution in [-0.2, 0) is 28.5 Å². The Morgan fingerprint density at radius 2 is 1.82 bits per heavy atom. The van der Waals surface area contributed by atoms with Gasteiger partial charge < -0.3 is 4.74 Å². The van der Waals surface area contributed by atoms with E-state index in [9.17, 15) is 0 Å². The van der Waals surface area contributed by atoms with Crippen molar-refractivity contribution in [2.75, 3.05) is 19.8 Å². The standard InChI is InChI=1S/C24H41N3O/c1-7-9-10-11-12-24(5,6)21-19-15-18-17-28-14-13-27(18)16-20(19)25-22(26-21)23(3,4)8-2/h18H,7-17H2,1-6H3. The topological polar surface area (TPSA) is 38.3 Å². The molecule has 0 spiro atoms. The van der Waals surface area contributed by atoms with E-state index >= 15 is 0 Å². The number of fused-ring (bicyclic) bond motifs is 2. The van der Waals surface area contributed by atoms with Gasteiger partial charge >= 0.3 is 0 Å². The van der Waals surface area contributed by atoms with Gasteiger partial charge in [-0.1, -0.05) is 67.2 Å². The van der Waals surface area contributed by atoms with Crippen LogP contribution in [0.1, 0.15) is 103 Å². The minimum Gasteiger partial charge on any atom is -0.378 e. The van der Waals surface area contributed by atoms with Gasteiger partial charge in [0.2, 0.25) is 0 Å². The van der Waals surface area contributed by atoms with Crippen LogP contribution in [0.5, 0.6) is 0 Å². The molecule has 1 aromatic rings. The summed E-state index contributed by atoms with van der Waals surface area (Å²) >= 11 is 0. The van der Waals surface area contributed by atoms with Crippen molar-refractivity contribution in [2.24, 2.45) is 0 Å². The van der Waals surface area contributed by atoms with Crippen LogP contribution in [-0.4, -0.2) is 40.7 Å². The first-order valence-electron chi connectivity index (χ1n) is 11.5. The number of nitrogens with zero attached hydrogens (tertiary/aromatic N) is 3. The minimum atomic E-state index is 0.0178. The molecule has 3 rings (SSSR count). The van der Waals surface area contributed by atoms with E-state index in [4.69, 9.17) is 14.7 Å². The van der Waals surface area contributed by atoms with E-state index in [0.717, 1.165) is 45.0 Å². The third-order valence-electron chi connectivity index (χ3n) is 7.02. The fraction of sp³-hybridized carbons (Fsp3) is 0.833. The maximum atomic E-state index is 5.78. The Bertz CT molecular complexity index is 668. The van der Waals surface area contributed by atoms with Gasteiger partial charge in [-0.25, -0.2) is 9.97 Å². The van der Waals surface area contributed by atoms with Crippen LogP contribution in [0.4, 0.5) is 0 Å². The molecule has 4 nitrogen and oxygen atoms in total. The van der Waals surface area contributed by atoms with Crippen LogP contribution in [0.3, 0.4) is 0 Å². The molecule has 0 N–H and O–H groups in total. The second-order valence-corrected chi connectivity index (χ2v) is 10.2. The van der Waals surface area contributed by atoms with E-state index in [-0.39, 0.29) is 10.8 Å². The molecule has 1 atom stereocenters. The van der Waals surface area contributed by atoms with Gasteiger partial charge in [0.05, 0.1) is 24.6 Å². The Labute approximate surface area is 172 Å². The van der Waals surface area contributed by atoms with Crippen molar-refractivity contribution in [1.29, 1.82) is 0 Å². The van der Waals surface area contributed by atoms with Crippen LogP contribution in [0, 0.1) is 0 Å². The molecule has 0 aromatic carbocycles. The molecule has 28 heavy (non-hydrogen) atoms. The summed E-state index contributed by atoms with van der Waals surface area (Å²) in [5.41, 5.74) is 4.13. The minimum absolute atomic E-state index is 0.0178. The Balaban J connectivity index is 1.98. The number of hydrogen-bond donors (Lipinski definition) is 0. The molecule has 0 amide bonds. The van der Waals surface area contributed by atoms with Crippen molar-refractivity contribution in [3.8, 4) is 0 Å². The summed E-state index contributed by atoms with van der Waals surface area (Å²) in [7, 11) is 0. The SMILES string of the molecule is CCCCCCC(C)(C)c1nc(C(C)(C)CC)nc2c1CC1COCCN1C2. The van der Waals surface area contributed by atoms with Gasteiger partial charge in [-0.2, -0.15) is 0 Å². The zero-order valence-corrected chi connectivity index (χ0v) is 19.1. The first kappa shape index (κ1) is 21.7. The molecule has 0 bridgehead atoms. The lowest BCUT2D eigenvalue weighted by Gasteiger charge is -2.41. The number of unbranched alkanes of at least 4 members (excludes halogenated alkanes) is 3. The van der Waals surface area contributed by atoms with Gasteiger partial charge in [-0.15, -0.1) is 0 Å². The molecule has 2 aliphatic heterocycles. The van der Waals surface area contributed by atoms with Gasteiger partial charge in [-0.3, -0.25) is 4.90 Å². The highest BCUT2D eigenvalue weighted by Crippen LogP contribution is 2.37. The average molecular weight is 388 g/mol. The van der Waals surface area contributed by atoms with Crippen molar-refractivity contribution in [2.45, 2.75) is 110 Å². The van der Waals surface area contributed by atoms with Gasteiger partial charge in [-0.05, 0) is 24.8 Å². The first-order valence-corrected chi connectivity index (χ1v) is 11.5. The van der Waals surface area contributed by atoms with Gasteiger partial charge in [0.25, 0.3) is 0 Å². The van der Waals surface area contributed by atoms with Crippen LogP contribution >= 0.6 is 0 Å². The number of hydrogen-bond acceptors (Lipinski definition) is 4. The van der Waals surface area contributed by atoms with E-state index in [1.165, 1.54) is 49.1 Å². The third kappa shape index (κ3) is 4.59. The van der Waals surface area contributed by atoms with Crippen molar-refractivity contribution in [1.82, 2.24) is 14.9 Å². The number of aromatic nitrogens is 2. The quantitative estimate of drug-likeness (QED) is 0.577. The molecular formula is C24H41N3O. The second-order valence-electron chi connectivity index (χ2n) is 10.2. The monoisotopic (exact) mass is 387 g/mol. The number of morpholine rings is 1. The summed E-state index contributed by atoms with van der Waals surface area (Å²) < 4.78 is 5.78. The Morgan fingerprint density at radius 1 is 1.04 bits per heavy atom. The zero-order valence-electron chi connectivity index (χ0n) is 19.1. The lowest BCUT2D eigenvalue weighted by molar-refractivity contribution is -0.0176. The maximum absolute atomic E-state index is 5.78. The highest BCUT2D eigenvalue weighted by molar-refractivity contribution is 5.35. The zero-order chi connectivity index (χ0) is 20.4. The summed E-state index contributed by atoms with van der Waals surface area (Å²) in [6.07, 6.45) is 8.53. The van der Waals surface area contributed by atoms with Gasteiger partial charge in [0.1, 0.15) is 5.82 Å². The van der Waals surface area contributed by atoms with Crippen molar-refractivity contribution in [3.05, 3.63) is 22.8 Å². The van der Waals surface area contributed by atoms with E-state index in [0.29, 0.717) is 6.04 Å². The predicted molar refractivity (Wildman–Crippen MR) is 116 cm³/mol. The number of ether oxygens (including phenoxy) is 1. The van der Waals surface area contributed by atoms with Crippen molar-refractivity contribution < 1.29 is 4.74 Å². The Hall–Kier alpha value is -1.00. The molecule has 1 fully saturated rings. The molecule has 158 valence electrons. The van der Waals surface area contributed by atoms with Crippen LogP contribution in [0.15, 0.2) is 0 Å². The average Bonchev–Trinajstić information content (AvgIpc) is 2.68. The van der Waals surface area contributed by atoms with Gasteiger partial charge in [0.15, 0.2) is 0 Å². The van der Waals surface area contributed by atoms with E-state index in [1.807, 2.05) is 0 Å². The lowest BCUT2D eigenvalue weighted by atomic mass is 9.78. The molecule has 0 aliphatic carbocycles. The molecule has 0 radical (unpaired) electrons. The smallest absolute Gasteiger partial charge is 0.134 e. The molecule has 0 saturated carbocycles. The van der Waals surface area contributed by atoms with E-state index < -0.39 is 0 Å². The normalized spacial score (nSPS) is 20.7. The molecule has 4 heteroatoms. The Kier molecular flexibility index (Phi) is 6.81. The van der Waals surface area contributed by atoms with Crippen molar-refractivity contribution in [3.63, 3.8) is 0 Å². The second kappa shape index (κ2) is 8.79. The molecule has 1 saturated heterocycles. The van der Waals surface area contributed by atoms with Crippen molar-refractivity contribution >= 4 is 0 Å². The third-order valence-corrected chi connectivity index (χ3v) is 7.02. The molecule has 1 aromatic heterocycles. The summed E-state index contributed by atoms with van der Waals surface area (Å²) in [6, 6.07) is 0.490. The summed E-state index contributed by atoms with van der Waals surface area (Å²) in [5.74, 6) is 1.04. The summed E-state index contributed by atoms with van der Waals surface area (Å²) in [6.45, 7) is 17.6. The summed E-state index contributed by atoms with van der Waals surface area (Å²) in [4.78, 5) is 13.0. The highest BCUT2D eigenvalue weighted by Gasteiger charge is 2.37. The molecule has 1 unspecified atom stereocenters. The molecule has 3 heterocycles. The highest BCUT2D eigenvalue weighted by atomic mass is 16.5. The fourth-order valence-corrected chi connectivity index (χ4v) is 4.52.